The maximum Gasteiger partial charge on any atom is 0.169 e. The molecule has 0 amide bonds. The van der Waals surface area contributed by atoms with Gasteiger partial charge in [-0.2, -0.15) is 0 Å². The van der Waals surface area contributed by atoms with Crippen molar-refractivity contribution in [3.8, 4) is 0 Å². The van der Waals surface area contributed by atoms with E-state index in [4.69, 9.17) is 0 Å². The highest BCUT2D eigenvalue weighted by molar-refractivity contribution is 6.01. The quantitative estimate of drug-likeness (QED) is 0.390. The standard InChI is InChI=1S/C6H8O2/c1-3-6(8)5(2)4-7/h3H2,1-2H3. The second kappa shape index (κ2) is 3.16. The monoisotopic (exact) mass is 112 g/mol. The highest BCUT2D eigenvalue weighted by Crippen LogP contribution is 1.90. The number of allylic oxidation sites excluding steroid dienone is 1. The third kappa shape index (κ3) is 1.71. The third-order valence-corrected chi connectivity index (χ3v) is 0.892. The molecular weight excluding hydrogens is 104 g/mol. The molecule has 0 aromatic carbocycles. The zero-order valence-corrected chi connectivity index (χ0v) is 5.02. The Labute approximate surface area is 48.2 Å². The minimum Gasteiger partial charge on any atom is -0.294 e. The minimum atomic E-state index is -0.125. The van der Waals surface area contributed by atoms with Crippen LogP contribution in [0.5, 0.6) is 0 Å². The van der Waals surface area contributed by atoms with Gasteiger partial charge in [-0.15, -0.1) is 0 Å². The van der Waals surface area contributed by atoms with Gasteiger partial charge in [-0.3, -0.25) is 4.79 Å². The topological polar surface area (TPSA) is 34.1 Å². The van der Waals surface area contributed by atoms with Gasteiger partial charge in [-0.25, -0.2) is 4.79 Å². The Hall–Kier alpha value is -0.880. The predicted molar refractivity (Wildman–Crippen MR) is 30.2 cm³/mol. The number of carbonyl (C=O) groups excluding carboxylic acids is 2. The van der Waals surface area contributed by atoms with E-state index in [1.54, 1.807) is 6.92 Å². The van der Waals surface area contributed by atoms with Crippen molar-refractivity contribution in [2.45, 2.75) is 20.3 Å². The zero-order chi connectivity index (χ0) is 6.57. The van der Waals surface area contributed by atoms with Crippen LogP contribution in [-0.4, -0.2) is 11.7 Å². The van der Waals surface area contributed by atoms with Crippen LogP contribution < -0.4 is 0 Å². The largest absolute Gasteiger partial charge is 0.294 e. The number of carbonyl (C=O) groups is 1. The van der Waals surface area contributed by atoms with E-state index in [0.29, 0.717) is 6.42 Å². The highest BCUT2D eigenvalue weighted by atomic mass is 16.1. The first kappa shape index (κ1) is 7.12. The maximum atomic E-state index is 10.4. The molecule has 0 unspecified atom stereocenters. The molecule has 2 nitrogen and oxygen atoms in total. The summed E-state index contributed by atoms with van der Waals surface area (Å²) in [7, 11) is 0. The van der Waals surface area contributed by atoms with Crippen molar-refractivity contribution in [2.24, 2.45) is 0 Å². The van der Waals surface area contributed by atoms with E-state index in [1.165, 1.54) is 12.9 Å². The van der Waals surface area contributed by atoms with Crippen molar-refractivity contribution >= 4 is 11.7 Å². The summed E-state index contributed by atoms with van der Waals surface area (Å²) in [5.74, 6) is 1.41. The fraction of sp³-hybridized carbons (Fsp3) is 0.500. The summed E-state index contributed by atoms with van der Waals surface area (Å²) in [5.41, 5.74) is 0.188. The van der Waals surface area contributed by atoms with Gasteiger partial charge in [-0.1, -0.05) is 6.92 Å². The van der Waals surface area contributed by atoms with Gasteiger partial charge in [0.2, 0.25) is 0 Å². The molecular formula is C6H8O2. The lowest BCUT2D eigenvalue weighted by Crippen LogP contribution is -1.95. The van der Waals surface area contributed by atoms with E-state index >= 15 is 0 Å². The van der Waals surface area contributed by atoms with Gasteiger partial charge >= 0.3 is 0 Å². The molecule has 44 valence electrons. The first-order chi connectivity index (χ1) is 3.72. The molecule has 0 aliphatic carbocycles. The summed E-state index contributed by atoms with van der Waals surface area (Å²) in [6.07, 6.45) is 0.390. The van der Waals surface area contributed by atoms with Gasteiger partial charge in [-0.05, 0) is 6.92 Å². The Morgan fingerprint density at radius 3 is 2.25 bits per heavy atom. The molecule has 0 rings (SSSR count). The molecule has 0 radical (unpaired) electrons. The molecule has 0 aromatic heterocycles. The lowest BCUT2D eigenvalue weighted by molar-refractivity contribution is -0.115. The lowest BCUT2D eigenvalue weighted by Gasteiger charge is -1.85. The van der Waals surface area contributed by atoms with E-state index in [0.717, 1.165) is 0 Å². The van der Waals surface area contributed by atoms with Gasteiger partial charge in [0.1, 0.15) is 5.94 Å². The van der Waals surface area contributed by atoms with Crippen LogP contribution in [0.15, 0.2) is 5.57 Å². The number of Topliss-reactive ketones (excluding diaryl/α,β-unsaturated/α-hetero) is 1. The number of ketones is 1. The average molecular weight is 112 g/mol. The van der Waals surface area contributed by atoms with Crippen LogP contribution in [0.25, 0.3) is 0 Å². The third-order valence-electron chi connectivity index (χ3n) is 0.892. The summed E-state index contributed by atoms with van der Waals surface area (Å²) in [4.78, 5) is 20.2. The Kier molecular flexibility index (Phi) is 2.82. The van der Waals surface area contributed by atoms with Crippen LogP contribution >= 0.6 is 0 Å². The van der Waals surface area contributed by atoms with Crippen LogP contribution in [0.3, 0.4) is 0 Å². The molecule has 0 saturated carbocycles. The molecule has 0 heterocycles. The van der Waals surface area contributed by atoms with E-state index < -0.39 is 0 Å². The van der Waals surface area contributed by atoms with Crippen molar-refractivity contribution in [3.05, 3.63) is 5.57 Å². The Balaban J connectivity index is 4.04. The normalized spacial score (nSPS) is 7.75. The molecule has 0 bridgehead atoms. The summed E-state index contributed by atoms with van der Waals surface area (Å²) in [6.45, 7) is 3.18. The van der Waals surface area contributed by atoms with E-state index in [-0.39, 0.29) is 11.4 Å². The fourth-order valence-electron chi connectivity index (χ4n) is 0.322. The van der Waals surface area contributed by atoms with Crippen LogP contribution in [-0.2, 0) is 9.59 Å². The Morgan fingerprint density at radius 1 is 1.62 bits per heavy atom. The first-order valence-corrected chi connectivity index (χ1v) is 2.47. The number of rotatable bonds is 2. The highest BCUT2D eigenvalue weighted by Gasteiger charge is 1.98. The second-order valence-corrected chi connectivity index (χ2v) is 1.50. The molecule has 0 atom stereocenters. The number of hydrogen-bond donors (Lipinski definition) is 0. The zero-order valence-electron chi connectivity index (χ0n) is 5.02. The van der Waals surface area contributed by atoms with Crippen molar-refractivity contribution in [2.75, 3.05) is 0 Å². The molecule has 0 aliphatic rings. The Morgan fingerprint density at radius 2 is 2.12 bits per heavy atom. The molecule has 0 N–H and O–H groups in total. The van der Waals surface area contributed by atoms with E-state index in [2.05, 4.69) is 0 Å². The fourth-order valence-corrected chi connectivity index (χ4v) is 0.322. The van der Waals surface area contributed by atoms with Gasteiger partial charge < -0.3 is 0 Å². The van der Waals surface area contributed by atoms with Gasteiger partial charge in [0.25, 0.3) is 0 Å². The summed E-state index contributed by atoms with van der Waals surface area (Å²) >= 11 is 0. The van der Waals surface area contributed by atoms with Crippen LogP contribution in [0.4, 0.5) is 0 Å². The van der Waals surface area contributed by atoms with Crippen molar-refractivity contribution in [1.82, 2.24) is 0 Å². The molecule has 8 heavy (non-hydrogen) atoms. The molecule has 0 fully saturated rings. The molecule has 0 aliphatic heterocycles. The van der Waals surface area contributed by atoms with Crippen LogP contribution in [0.1, 0.15) is 20.3 Å². The predicted octanol–water partition coefficient (Wildman–Crippen LogP) is 0.743. The van der Waals surface area contributed by atoms with Crippen LogP contribution in [0.2, 0.25) is 0 Å². The number of hydrogen-bond acceptors (Lipinski definition) is 2. The summed E-state index contributed by atoms with van der Waals surface area (Å²) in [5, 5.41) is 0. The Bertz CT molecular complexity index is 141. The lowest BCUT2D eigenvalue weighted by atomic mass is 10.2. The summed E-state index contributed by atoms with van der Waals surface area (Å²) < 4.78 is 0. The van der Waals surface area contributed by atoms with E-state index in [9.17, 15) is 9.59 Å². The SMILES string of the molecule is CCC(=O)C(C)=C=O. The molecule has 0 saturated heterocycles. The molecule has 2 heteroatoms. The average Bonchev–Trinajstić information content (AvgIpc) is 1.84. The molecule has 0 aromatic rings. The smallest absolute Gasteiger partial charge is 0.169 e. The van der Waals surface area contributed by atoms with Gasteiger partial charge in [0.15, 0.2) is 5.78 Å². The minimum absolute atomic E-state index is 0.125. The van der Waals surface area contributed by atoms with Crippen LogP contribution in [0, 0.1) is 0 Å². The second-order valence-electron chi connectivity index (χ2n) is 1.50. The maximum absolute atomic E-state index is 10.4. The van der Waals surface area contributed by atoms with Gasteiger partial charge in [0, 0.05) is 6.42 Å². The molecule has 0 spiro atoms. The summed E-state index contributed by atoms with van der Waals surface area (Å²) in [6, 6.07) is 0. The van der Waals surface area contributed by atoms with Gasteiger partial charge in [0.05, 0.1) is 5.57 Å². The van der Waals surface area contributed by atoms with Crippen molar-refractivity contribution < 1.29 is 9.59 Å². The van der Waals surface area contributed by atoms with E-state index in [1.807, 2.05) is 0 Å². The van der Waals surface area contributed by atoms with Crippen molar-refractivity contribution in [3.63, 3.8) is 0 Å². The first-order valence-electron chi connectivity index (χ1n) is 2.47. The van der Waals surface area contributed by atoms with Crippen molar-refractivity contribution in [1.29, 1.82) is 0 Å².